The third-order valence-corrected chi connectivity index (χ3v) is 7.06. The normalized spacial score (nSPS) is 19.5. The van der Waals surface area contributed by atoms with Gasteiger partial charge in [-0.1, -0.05) is 18.2 Å². The molecule has 0 radical (unpaired) electrons. The zero-order chi connectivity index (χ0) is 20.6. The Labute approximate surface area is 165 Å². The molecule has 1 aromatic rings. The second-order valence-electron chi connectivity index (χ2n) is 6.18. The quantitative estimate of drug-likeness (QED) is 0.474. The van der Waals surface area contributed by atoms with Gasteiger partial charge in [-0.25, -0.2) is 10.2 Å². The molecule has 1 heterocycles. The predicted octanol–water partition coefficient (Wildman–Crippen LogP) is 2.75. The van der Waals surface area contributed by atoms with E-state index >= 15 is 0 Å². The summed E-state index contributed by atoms with van der Waals surface area (Å²) in [4.78, 5) is 26.0. The summed E-state index contributed by atoms with van der Waals surface area (Å²) < 4.78 is 29.7. The summed E-state index contributed by atoms with van der Waals surface area (Å²) in [5, 5.41) is -1.28. The fourth-order valence-corrected chi connectivity index (χ4v) is 5.18. The minimum atomic E-state index is -3.72. The summed E-state index contributed by atoms with van der Waals surface area (Å²) in [5.74, 6) is -0.394. The number of hydrogen-bond donors (Lipinski definition) is 2. The van der Waals surface area contributed by atoms with Crippen LogP contribution in [0.25, 0.3) is 0 Å². The van der Waals surface area contributed by atoms with Crippen molar-refractivity contribution in [2.75, 3.05) is 32.9 Å². The van der Waals surface area contributed by atoms with Crippen LogP contribution >= 0.6 is 7.60 Å². The van der Waals surface area contributed by atoms with Crippen molar-refractivity contribution in [3.63, 3.8) is 0 Å². The SMILES string of the molecule is CCOC(=O)N1CCC(NNC(=O)c2ccccc2)(P(=O)(OCC)OCC)C1. The second kappa shape index (κ2) is 10.0. The second-order valence-corrected chi connectivity index (χ2v) is 8.55. The number of benzene rings is 1. The first-order valence-corrected chi connectivity index (χ1v) is 10.9. The van der Waals surface area contributed by atoms with Gasteiger partial charge in [-0.15, -0.1) is 0 Å². The van der Waals surface area contributed by atoms with Gasteiger partial charge in [0.25, 0.3) is 5.91 Å². The zero-order valence-corrected chi connectivity index (χ0v) is 17.4. The molecule has 0 aromatic heterocycles. The first-order chi connectivity index (χ1) is 13.4. The predicted molar refractivity (Wildman–Crippen MR) is 104 cm³/mol. The van der Waals surface area contributed by atoms with E-state index in [4.69, 9.17) is 13.8 Å². The summed E-state index contributed by atoms with van der Waals surface area (Å²) >= 11 is 0. The summed E-state index contributed by atoms with van der Waals surface area (Å²) in [7, 11) is -3.72. The monoisotopic (exact) mass is 413 g/mol. The van der Waals surface area contributed by atoms with E-state index in [0.717, 1.165) is 0 Å². The van der Waals surface area contributed by atoms with Gasteiger partial charge in [0.1, 0.15) is 0 Å². The van der Waals surface area contributed by atoms with Gasteiger partial charge in [0.15, 0.2) is 5.28 Å². The first-order valence-electron chi connectivity index (χ1n) is 9.34. The van der Waals surface area contributed by atoms with E-state index in [0.29, 0.717) is 5.56 Å². The highest BCUT2D eigenvalue weighted by Gasteiger charge is 2.56. The molecule has 1 saturated heterocycles. The Kier molecular flexibility index (Phi) is 8.00. The van der Waals surface area contributed by atoms with Crippen molar-refractivity contribution in [3.8, 4) is 0 Å². The first kappa shape index (κ1) is 22.4. The van der Waals surface area contributed by atoms with Crippen LogP contribution < -0.4 is 10.9 Å². The largest absolute Gasteiger partial charge is 0.450 e. The molecule has 0 aliphatic carbocycles. The number of amides is 2. The van der Waals surface area contributed by atoms with Crippen molar-refractivity contribution in [1.82, 2.24) is 15.8 Å². The van der Waals surface area contributed by atoms with E-state index in [2.05, 4.69) is 10.9 Å². The van der Waals surface area contributed by atoms with E-state index < -0.39 is 24.9 Å². The molecule has 1 aromatic carbocycles. The molecule has 1 aliphatic heterocycles. The van der Waals surface area contributed by atoms with Crippen LogP contribution in [-0.4, -0.2) is 55.1 Å². The number of hydrazine groups is 1. The average Bonchev–Trinajstić information content (AvgIpc) is 3.14. The molecule has 9 nitrogen and oxygen atoms in total. The lowest BCUT2D eigenvalue weighted by Crippen LogP contribution is -2.56. The maximum Gasteiger partial charge on any atom is 0.409 e. The van der Waals surface area contributed by atoms with E-state index in [1.54, 1.807) is 51.1 Å². The van der Waals surface area contributed by atoms with Crippen LogP contribution in [0.3, 0.4) is 0 Å². The standard InChI is InChI=1S/C18H28N3O6P/c1-4-25-17(23)21-13-12-18(14-21,28(24,26-5-2)27-6-3)20-19-16(22)15-10-8-7-9-11-15/h7-11,20H,4-6,12-14H2,1-3H3,(H,19,22). The molecule has 1 unspecified atom stereocenters. The van der Waals surface area contributed by atoms with Crippen LogP contribution in [0.1, 0.15) is 37.6 Å². The third-order valence-electron chi connectivity index (χ3n) is 4.34. The molecule has 0 spiro atoms. The van der Waals surface area contributed by atoms with E-state index in [-0.39, 0.29) is 39.3 Å². The van der Waals surface area contributed by atoms with Crippen molar-refractivity contribution in [2.24, 2.45) is 0 Å². The van der Waals surface area contributed by atoms with Crippen LogP contribution in [0.4, 0.5) is 4.79 Å². The molecule has 1 aliphatic rings. The Morgan fingerprint density at radius 3 is 2.32 bits per heavy atom. The Morgan fingerprint density at radius 2 is 1.75 bits per heavy atom. The number of carbonyl (C=O) groups is 2. The molecular formula is C18H28N3O6P. The van der Waals surface area contributed by atoms with Crippen LogP contribution in [0.15, 0.2) is 30.3 Å². The van der Waals surface area contributed by atoms with E-state index in [9.17, 15) is 14.2 Å². The summed E-state index contributed by atoms with van der Waals surface area (Å²) in [6.45, 7) is 5.98. The number of ether oxygens (including phenoxy) is 1. The fourth-order valence-electron chi connectivity index (χ4n) is 3.02. The van der Waals surface area contributed by atoms with E-state index in [1.807, 2.05) is 0 Å². The zero-order valence-electron chi connectivity index (χ0n) is 16.5. The number of rotatable bonds is 9. The van der Waals surface area contributed by atoms with Gasteiger partial charge in [0.05, 0.1) is 26.4 Å². The summed E-state index contributed by atoms with van der Waals surface area (Å²) in [5.41, 5.74) is 5.90. The minimum absolute atomic E-state index is 0.0121. The fraction of sp³-hybridized carbons (Fsp3) is 0.556. The van der Waals surface area contributed by atoms with Crippen molar-refractivity contribution in [2.45, 2.75) is 32.5 Å². The highest BCUT2D eigenvalue weighted by Crippen LogP contribution is 2.61. The van der Waals surface area contributed by atoms with Crippen molar-refractivity contribution in [1.29, 1.82) is 0 Å². The van der Waals surface area contributed by atoms with Gasteiger partial charge in [-0.2, -0.15) is 0 Å². The molecular weight excluding hydrogens is 385 g/mol. The van der Waals surface area contributed by atoms with Gasteiger partial charge in [-0.05, 0) is 39.3 Å². The Morgan fingerprint density at radius 1 is 1.11 bits per heavy atom. The lowest BCUT2D eigenvalue weighted by Gasteiger charge is -2.36. The molecule has 28 heavy (non-hydrogen) atoms. The average molecular weight is 413 g/mol. The van der Waals surface area contributed by atoms with Gasteiger partial charge >= 0.3 is 13.7 Å². The third kappa shape index (κ3) is 4.91. The van der Waals surface area contributed by atoms with Gasteiger partial charge in [0.2, 0.25) is 0 Å². The number of carbonyl (C=O) groups excluding carboxylic acids is 2. The molecule has 2 N–H and O–H groups in total. The Hall–Kier alpha value is -1.93. The minimum Gasteiger partial charge on any atom is -0.450 e. The maximum absolute atomic E-state index is 13.6. The van der Waals surface area contributed by atoms with Gasteiger partial charge in [0, 0.05) is 12.1 Å². The molecule has 1 fully saturated rings. The molecule has 2 rings (SSSR count). The van der Waals surface area contributed by atoms with Crippen LogP contribution in [0.5, 0.6) is 0 Å². The maximum atomic E-state index is 13.6. The van der Waals surface area contributed by atoms with Crippen LogP contribution in [0.2, 0.25) is 0 Å². The molecule has 156 valence electrons. The van der Waals surface area contributed by atoms with Crippen LogP contribution in [-0.2, 0) is 18.3 Å². The molecule has 10 heteroatoms. The Balaban J connectivity index is 2.25. The number of hydrogen-bond acceptors (Lipinski definition) is 7. The van der Waals surface area contributed by atoms with Crippen molar-refractivity contribution < 1.29 is 27.9 Å². The van der Waals surface area contributed by atoms with Crippen LogP contribution in [0, 0.1) is 0 Å². The lowest BCUT2D eigenvalue weighted by atomic mass is 10.2. The Bertz CT molecular complexity index is 707. The van der Waals surface area contributed by atoms with Gasteiger partial charge in [-0.3, -0.25) is 14.8 Å². The van der Waals surface area contributed by atoms with Crippen molar-refractivity contribution in [3.05, 3.63) is 35.9 Å². The summed E-state index contributed by atoms with van der Waals surface area (Å²) in [6, 6.07) is 8.61. The van der Waals surface area contributed by atoms with E-state index in [1.165, 1.54) is 4.90 Å². The number of likely N-dealkylation sites (tertiary alicyclic amines) is 1. The number of nitrogens with zero attached hydrogens (tertiary/aromatic N) is 1. The number of nitrogens with one attached hydrogen (secondary N) is 2. The molecule has 2 amide bonds. The highest BCUT2D eigenvalue weighted by molar-refractivity contribution is 7.55. The topological polar surface area (TPSA) is 106 Å². The summed E-state index contributed by atoms with van der Waals surface area (Å²) in [6.07, 6.45) is -0.252. The highest BCUT2D eigenvalue weighted by atomic mass is 31.2. The molecule has 0 saturated carbocycles. The van der Waals surface area contributed by atoms with Gasteiger partial charge < -0.3 is 18.7 Å². The molecule has 0 bridgehead atoms. The lowest BCUT2D eigenvalue weighted by molar-refractivity contribution is 0.0907. The smallest absolute Gasteiger partial charge is 0.409 e. The molecule has 1 atom stereocenters. The van der Waals surface area contributed by atoms with Crippen molar-refractivity contribution >= 4 is 19.6 Å².